The highest BCUT2D eigenvalue weighted by Gasteiger charge is 2.51. The summed E-state index contributed by atoms with van der Waals surface area (Å²) < 4.78 is 7.14. The molecule has 0 heterocycles. The third-order valence-electron chi connectivity index (χ3n) is 5.62. The largest absolute Gasteiger partial charge is 0.404 e. The molecule has 0 spiro atoms. The average Bonchev–Trinajstić information content (AvgIpc) is 2.67. The minimum absolute atomic E-state index is 0.0157. The fraction of sp³-hybridized carbons (Fsp3) is 0.435. The van der Waals surface area contributed by atoms with Gasteiger partial charge in [0.2, 0.25) is 0 Å². The van der Waals surface area contributed by atoms with Gasteiger partial charge in [0.15, 0.2) is 0 Å². The molecule has 136 valence electrons. The van der Waals surface area contributed by atoms with Crippen LogP contribution in [0.25, 0.3) is 0 Å². The van der Waals surface area contributed by atoms with Crippen molar-refractivity contribution in [3.63, 3.8) is 0 Å². The van der Waals surface area contributed by atoms with E-state index in [0.29, 0.717) is 0 Å². The number of nitrogens with zero attached hydrogens (tertiary/aromatic N) is 1. The van der Waals surface area contributed by atoms with Gasteiger partial charge in [0, 0.05) is 12.0 Å². The van der Waals surface area contributed by atoms with Gasteiger partial charge in [0.1, 0.15) is 0 Å². The van der Waals surface area contributed by atoms with E-state index in [-0.39, 0.29) is 17.1 Å². The maximum absolute atomic E-state index is 9.21. The number of hydrogen-bond acceptors (Lipinski definition) is 2. The van der Waals surface area contributed by atoms with Crippen LogP contribution >= 0.6 is 0 Å². The van der Waals surface area contributed by atoms with Crippen molar-refractivity contribution in [3.8, 4) is 6.07 Å². The molecular formula is C23H29NOSi. The van der Waals surface area contributed by atoms with Crippen molar-refractivity contribution < 1.29 is 4.43 Å². The summed E-state index contributed by atoms with van der Waals surface area (Å²) in [5.41, 5.74) is 0. The van der Waals surface area contributed by atoms with Gasteiger partial charge in [-0.2, -0.15) is 5.26 Å². The molecule has 0 aromatic heterocycles. The first-order chi connectivity index (χ1) is 12.5. The first kappa shape index (κ1) is 18.9. The highest BCUT2D eigenvalue weighted by atomic mass is 28.4. The summed E-state index contributed by atoms with van der Waals surface area (Å²) in [6.45, 7) is 6.96. The molecule has 1 saturated carbocycles. The SMILES string of the molecule is CC(C)(C)[Si](OC1CCC(C#N)CC1)(c1ccccc1)c1ccccc1. The third-order valence-corrected chi connectivity index (χ3v) is 10.7. The lowest BCUT2D eigenvalue weighted by atomic mass is 9.89. The van der Waals surface area contributed by atoms with E-state index in [1.807, 2.05) is 0 Å². The fourth-order valence-electron chi connectivity index (χ4n) is 4.25. The van der Waals surface area contributed by atoms with E-state index >= 15 is 0 Å². The lowest BCUT2D eigenvalue weighted by molar-refractivity contribution is 0.132. The van der Waals surface area contributed by atoms with E-state index in [9.17, 15) is 5.26 Å². The second-order valence-corrected chi connectivity index (χ2v) is 12.6. The zero-order chi connectivity index (χ0) is 18.6. The molecular weight excluding hydrogens is 334 g/mol. The van der Waals surface area contributed by atoms with Crippen LogP contribution in [-0.4, -0.2) is 14.4 Å². The van der Waals surface area contributed by atoms with Crippen molar-refractivity contribution in [2.45, 2.75) is 57.6 Å². The monoisotopic (exact) mass is 363 g/mol. The molecule has 1 aliphatic carbocycles. The van der Waals surface area contributed by atoms with Crippen molar-refractivity contribution in [1.29, 1.82) is 5.26 Å². The molecule has 0 amide bonds. The first-order valence-electron chi connectivity index (χ1n) is 9.66. The molecule has 0 radical (unpaired) electrons. The second-order valence-electron chi connectivity index (χ2n) is 8.38. The van der Waals surface area contributed by atoms with Crippen LogP contribution in [0.4, 0.5) is 0 Å². The third kappa shape index (κ3) is 3.63. The minimum atomic E-state index is -2.45. The van der Waals surface area contributed by atoms with Crippen LogP contribution in [0.1, 0.15) is 46.5 Å². The predicted octanol–water partition coefficient (Wildman–Crippen LogP) is 4.65. The van der Waals surface area contributed by atoms with Crippen molar-refractivity contribution in [2.75, 3.05) is 0 Å². The summed E-state index contributed by atoms with van der Waals surface area (Å²) in [5, 5.41) is 11.9. The Morgan fingerprint density at radius 2 is 1.31 bits per heavy atom. The molecule has 0 saturated heterocycles. The summed E-state index contributed by atoms with van der Waals surface area (Å²) in [5.74, 6) is 0.203. The number of nitriles is 1. The molecule has 0 atom stereocenters. The number of rotatable bonds is 4. The van der Waals surface area contributed by atoms with Gasteiger partial charge in [-0.1, -0.05) is 81.4 Å². The highest BCUT2D eigenvalue weighted by Crippen LogP contribution is 2.39. The molecule has 2 nitrogen and oxygen atoms in total. The van der Waals surface area contributed by atoms with Gasteiger partial charge in [0.05, 0.1) is 6.07 Å². The fourth-order valence-corrected chi connectivity index (χ4v) is 9.00. The Morgan fingerprint density at radius 1 is 0.846 bits per heavy atom. The summed E-state index contributed by atoms with van der Waals surface area (Å²) in [4.78, 5) is 0. The van der Waals surface area contributed by atoms with E-state index in [1.165, 1.54) is 10.4 Å². The molecule has 0 N–H and O–H groups in total. The second kappa shape index (κ2) is 7.78. The maximum Gasteiger partial charge on any atom is 0.261 e. The number of hydrogen-bond donors (Lipinski definition) is 0. The Labute approximate surface area is 159 Å². The smallest absolute Gasteiger partial charge is 0.261 e. The Morgan fingerprint density at radius 3 is 1.69 bits per heavy atom. The standard InChI is InChI=1S/C23H29NOSi/c1-23(2,3)26(21-10-6-4-7-11-21,22-12-8-5-9-13-22)25-20-16-14-19(18-24)15-17-20/h4-13,19-20H,14-17H2,1-3H3. The van der Waals surface area contributed by atoms with Crippen molar-refractivity contribution >= 4 is 18.7 Å². The normalized spacial score (nSPS) is 21.2. The first-order valence-corrected chi connectivity index (χ1v) is 11.6. The molecule has 0 unspecified atom stereocenters. The van der Waals surface area contributed by atoms with Gasteiger partial charge >= 0.3 is 0 Å². The molecule has 0 aliphatic heterocycles. The van der Waals surface area contributed by atoms with Crippen LogP contribution in [-0.2, 0) is 4.43 Å². The quantitative estimate of drug-likeness (QED) is 0.741. The average molecular weight is 364 g/mol. The van der Waals surface area contributed by atoms with Gasteiger partial charge in [-0.05, 0) is 41.1 Å². The lowest BCUT2D eigenvalue weighted by Crippen LogP contribution is -2.67. The van der Waals surface area contributed by atoms with Crippen molar-refractivity contribution in [2.24, 2.45) is 5.92 Å². The molecule has 1 fully saturated rings. The van der Waals surface area contributed by atoms with Crippen molar-refractivity contribution in [1.82, 2.24) is 0 Å². The predicted molar refractivity (Wildman–Crippen MR) is 110 cm³/mol. The zero-order valence-corrected chi connectivity index (χ0v) is 17.1. The van der Waals surface area contributed by atoms with E-state index in [4.69, 9.17) is 4.43 Å². The van der Waals surface area contributed by atoms with Gasteiger partial charge in [-0.25, -0.2) is 0 Å². The van der Waals surface area contributed by atoms with Crippen LogP contribution < -0.4 is 10.4 Å². The summed E-state index contributed by atoms with van der Waals surface area (Å²) in [6.07, 6.45) is 4.13. The summed E-state index contributed by atoms with van der Waals surface area (Å²) >= 11 is 0. The molecule has 1 aliphatic rings. The highest BCUT2D eigenvalue weighted by molar-refractivity contribution is 6.99. The molecule has 2 aromatic carbocycles. The van der Waals surface area contributed by atoms with Gasteiger partial charge < -0.3 is 4.43 Å². The zero-order valence-electron chi connectivity index (χ0n) is 16.1. The maximum atomic E-state index is 9.21. The van der Waals surface area contributed by atoms with Gasteiger partial charge in [-0.15, -0.1) is 0 Å². The van der Waals surface area contributed by atoms with E-state index in [1.54, 1.807) is 0 Å². The van der Waals surface area contributed by atoms with E-state index < -0.39 is 8.32 Å². The van der Waals surface area contributed by atoms with Crippen LogP contribution in [0.3, 0.4) is 0 Å². The molecule has 0 bridgehead atoms. The van der Waals surface area contributed by atoms with Crippen molar-refractivity contribution in [3.05, 3.63) is 60.7 Å². The van der Waals surface area contributed by atoms with Gasteiger partial charge in [-0.3, -0.25) is 0 Å². The van der Waals surface area contributed by atoms with E-state index in [0.717, 1.165) is 25.7 Å². The van der Waals surface area contributed by atoms with Crippen LogP contribution in [0, 0.1) is 17.2 Å². The van der Waals surface area contributed by atoms with Crippen LogP contribution in [0.2, 0.25) is 5.04 Å². The van der Waals surface area contributed by atoms with Crippen LogP contribution in [0.5, 0.6) is 0 Å². The topological polar surface area (TPSA) is 33.0 Å². The lowest BCUT2D eigenvalue weighted by Gasteiger charge is -2.46. The van der Waals surface area contributed by atoms with Gasteiger partial charge in [0.25, 0.3) is 8.32 Å². The Balaban J connectivity index is 2.05. The molecule has 3 heteroatoms. The summed E-state index contributed by atoms with van der Waals surface area (Å²) in [7, 11) is -2.45. The van der Waals surface area contributed by atoms with E-state index in [2.05, 4.69) is 87.5 Å². The van der Waals surface area contributed by atoms with Crippen LogP contribution in [0.15, 0.2) is 60.7 Å². The molecule has 26 heavy (non-hydrogen) atoms. The minimum Gasteiger partial charge on any atom is -0.404 e. The Bertz CT molecular complexity index is 698. The molecule has 2 aromatic rings. The Kier molecular flexibility index (Phi) is 5.65. The summed E-state index contributed by atoms with van der Waals surface area (Å²) in [6, 6.07) is 24.1. The Hall–Kier alpha value is -1.89. The molecule has 3 rings (SSSR count). The number of benzene rings is 2.